The Bertz CT molecular complexity index is 320. The zero-order valence-electron chi connectivity index (χ0n) is 8.36. The van der Waals surface area contributed by atoms with Gasteiger partial charge in [0, 0.05) is 7.11 Å². The van der Waals surface area contributed by atoms with E-state index in [4.69, 9.17) is 9.84 Å². The van der Waals surface area contributed by atoms with Gasteiger partial charge in [0.2, 0.25) is 0 Å². The molecule has 0 radical (unpaired) electrons. The molecule has 0 saturated carbocycles. The molecule has 3 heteroatoms. The van der Waals surface area contributed by atoms with E-state index in [-0.39, 0.29) is 0 Å². The van der Waals surface area contributed by atoms with Crippen molar-refractivity contribution in [3.8, 4) is 0 Å². The van der Waals surface area contributed by atoms with Gasteiger partial charge in [0.15, 0.2) is 6.10 Å². The number of hydrogen-bond donors (Lipinski definition) is 1. The van der Waals surface area contributed by atoms with Gasteiger partial charge in [-0.05, 0) is 17.5 Å². The van der Waals surface area contributed by atoms with Crippen molar-refractivity contribution in [2.24, 2.45) is 0 Å². The summed E-state index contributed by atoms with van der Waals surface area (Å²) in [7, 11) is 1.41. The van der Waals surface area contributed by atoms with Crippen LogP contribution in [0.5, 0.6) is 0 Å². The standard InChI is InChI=1S/C11H14O3/c1-3-8-6-4-5-7-9(8)10(14-2)11(12)13/h4-7,10H,3H2,1-2H3,(H,12,13). The molecule has 0 aliphatic rings. The lowest BCUT2D eigenvalue weighted by molar-refractivity contribution is -0.148. The van der Waals surface area contributed by atoms with Gasteiger partial charge in [-0.3, -0.25) is 0 Å². The molecule has 0 heterocycles. The van der Waals surface area contributed by atoms with Crippen molar-refractivity contribution in [3.63, 3.8) is 0 Å². The smallest absolute Gasteiger partial charge is 0.337 e. The maximum Gasteiger partial charge on any atom is 0.337 e. The lowest BCUT2D eigenvalue weighted by atomic mass is 10.0. The first-order valence-corrected chi connectivity index (χ1v) is 4.54. The number of aryl methyl sites for hydroxylation is 1. The minimum absolute atomic E-state index is 0.741. The monoisotopic (exact) mass is 194 g/mol. The molecule has 1 unspecified atom stereocenters. The third kappa shape index (κ3) is 2.12. The van der Waals surface area contributed by atoms with E-state index in [9.17, 15) is 4.79 Å². The van der Waals surface area contributed by atoms with Crippen molar-refractivity contribution in [3.05, 3.63) is 35.4 Å². The van der Waals surface area contributed by atoms with Crippen LogP contribution in [0.15, 0.2) is 24.3 Å². The Morgan fingerprint density at radius 1 is 1.50 bits per heavy atom. The molecular weight excluding hydrogens is 180 g/mol. The van der Waals surface area contributed by atoms with Crippen LogP contribution >= 0.6 is 0 Å². The first kappa shape index (κ1) is 10.7. The molecule has 3 nitrogen and oxygen atoms in total. The first-order valence-electron chi connectivity index (χ1n) is 4.54. The second kappa shape index (κ2) is 4.77. The minimum Gasteiger partial charge on any atom is -0.479 e. The summed E-state index contributed by atoms with van der Waals surface area (Å²) in [6, 6.07) is 7.44. The molecular formula is C11H14O3. The van der Waals surface area contributed by atoms with E-state index in [1.807, 2.05) is 25.1 Å². The van der Waals surface area contributed by atoms with Crippen LogP contribution in [0.1, 0.15) is 24.2 Å². The summed E-state index contributed by atoms with van der Waals surface area (Å²) in [5.74, 6) is -0.951. The molecule has 0 bridgehead atoms. The predicted octanol–water partition coefficient (Wildman–Crippen LogP) is 2.02. The molecule has 0 saturated heterocycles. The van der Waals surface area contributed by atoms with Crippen LogP contribution in [-0.2, 0) is 16.0 Å². The SMILES string of the molecule is CCc1ccccc1C(OC)C(=O)O. The maximum atomic E-state index is 10.9. The Hall–Kier alpha value is -1.35. The number of carboxylic acid groups (broad SMARTS) is 1. The molecule has 1 atom stereocenters. The number of benzene rings is 1. The highest BCUT2D eigenvalue weighted by Crippen LogP contribution is 2.21. The topological polar surface area (TPSA) is 46.5 Å². The zero-order chi connectivity index (χ0) is 10.6. The molecule has 0 fully saturated rings. The lowest BCUT2D eigenvalue weighted by Gasteiger charge is -2.14. The Balaban J connectivity index is 3.08. The average molecular weight is 194 g/mol. The van der Waals surface area contributed by atoms with E-state index in [1.165, 1.54) is 7.11 Å². The van der Waals surface area contributed by atoms with E-state index >= 15 is 0 Å². The highest BCUT2D eigenvalue weighted by molar-refractivity contribution is 5.74. The number of ether oxygens (including phenoxy) is 1. The number of carbonyl (C=O) groups is 1. The Labute approximate surface area is 83.3 Å². The molecule has 0 spiro atoms. The summed E-state index contributed by atoms with van der Waals surface area (Å²) in [5, 5.41) is 8.92. The number of rotatable bonds is 4. The van der Waals surface area contributed by atoms with Gasteiger partial charge in [-0.25, -0.2) is 4.79 Å². The molecule has 0 aliphatic carbocycles. The fraction of sp³-hybridized carbons (Fsp3) is 0.364. The van der Waals surface area contributed by atoms with Crippen LogP contribution in [0, 0.1) is 0 Å². The molecule has 1 aromatic carbocycles. The van der Waals surface area contributed by atoms with E-state index in [0.717, 1.165) is 17.5 Å². The van der Waals surface area contributed by atoms with Crippen LogP contribution in [0.25, 0.3) is 0 Å². The minimum atomic E-state index is -0.951. The molecule has 76 valence electrons. The maximum absolute atomic E-state index is 10.9. The van der Waals surface area contributed by atoms with Crippen molar-refractivity contribution in [1.29, 1.82) is 0 Å². The Morgan fingerprint density at radius 3 is 2.64 bits per heavy atom. The summed E-state index contributed by atoms with van der Waals surface area (Å²) in [6.07, 6.45) is -0.0466. The van der Waals surface area contributed by atoms with Gasteiger partial charge in [0.25, 0.3) is 0 Å². The van der Waals surface area contributed by atoms with Crippen molar-refractivity contribution in [2.45, 2.75) is 19.4 Å². The van der Waals surface area contributed by atoms with Gasteiger partial charge >= 0.3 is 5.97 Å². The number of hydrogen-bond acceptors (Lipinski definition) is 2. The van der Waals surface area contributed by atoms with E-state index in [1.54, 1.807) is 6.07 Å². The van der Waals surface area contributed by atoms with Gasteiger partial charge < -0.3 is 9.84 Å². The molecule has 1 rings (SSSR count). The molecule has 0 amide bonds. The highest BCUT2D eigenvalue weighted by atomic mass is 16.5. The second-order valence-electron chi connectivity index (χ2n) is 3.01. The number of carboxylic acids is 1. The van der Waals surface area contributed by atoms with Crippen LogP contribution in [0.4, 0.5) is 0 Å². The van der Waals surface area contributed by atoms with Crippen molar-refractivity contribution in [2.75, 3.05) is 7.11 Å². The summed E-state index contributed by atoms with van der Waals surface area (Å²) < 4.78 is 4.94. The fourth-order valence-corrected chi connectivity index (χ4v) is 1.47. The summed E-state index contributed by atoms with van der Waals surface area (Å²) >= 11 is 0. The van der Waals surface area contributed by atoms with Crippen LogP contribution in [-0.4, -0.2) is 18.2 Å². The summed E-state index contributed by atoms with van der Waals surface area (Å²) in [5.41, 5.74) is 1.76. The Kier molecular flexibility index (Phi) is 3.65. The normalized spacial score (nSPS) is 12.4. The molecule has 0 aromatic heterocycles. The van der Waals surface area contributed by atoms with Gasteiger partial charge in [-0.15, -0.1) is 0 Å². The van der Waals surface area contributed by atoms with Gasteiger partial charge in [0.05, 0.1) is 0 Å². The van der Waals surface area contributed by atoms with Crippen LogP contribution in [0.3, 0.4) is 0 Å². The van der Waals surface area contributed by atoms with E-state index < -0.39 is 12.1 Å². The molecule has 14 heavy (non-hydrogen) atoms. The molecule has 1 aromatic rings. The largest absolute Gasteiger partial charge is 0.479 e. The van der Waals surface area contributed by atoms with Gasteiger partial charge in [-0.2, -0.15) is 0 Å². The fourth-order valence-electron chi connectivity index (χ4n) is 1.47. The van der Waals surface area contributed by atoms with Crippen LogP contribution < -0.4 is 0 Å². The third-order valence-electron chi connectivity index (χ3n) is 2.18. The van der Waals surface area contributed by atoms with Crippen molar-refractivity contribution < 1.29 is 14.6 Å². The third-order valence-corrected chi connectivity index (χ3v) is 2.18. The molecule has 0 aliphatic heterocycles. The second-order valence-corrected chi connectivity index (χ2v) is 3.01. The van der Waals surface area contributed by atoms with Crippen molar-refractivity contribution >= 4 is 5.97 Å². The summed E-state index contributed by atoms with van der Waals surface area (Å²) in [4.78, 5) is 10.9. The van der Waals surface area contributed by atoms with Crippen LogP contribution in [0.2, 0.25) is 0 Å². The zero-order valence-corrected chi connectivity index (χ0v) is 8.36. The lowest BCUT2D eigenvalue weighted by Crippen LogP contribution is -2.15. The van der Waals surface area contributed by atoms with Gasteiger partial charge in [0.1, 0.15) is 0 Å². The quantitative estimate of drug-likeness (QED) is 0.797. The molecule has 1 N–H and O–H groups in total. The predicted molar refractivity (Wildman–Crippen MR) is 53.2 cm³/mol. The van der Waals surface area contributed by atoms with E-state index in [0.29, 0.717) is 0 Å². The summed E-state index contributed by atoms with van der Waals surface area (Å²) in [6.45, 7) is 1.99. The van der Waals surface area contributed by atoms with E-state index in [2.05, 4.69) is 0 Å². The Morgan fingerprint density at radius 2 is 2.14 bits per heavy atom. The van der Waals surface area contributed by atoms with Gasteiger partial charge in [-0.1, -0.05) is 31.2 Å². The number of methoxy groups -OCH3 is 1. The highest BCUT2D eigenvalue weighted by Gasteiger charge is 2.20. The number of aliphatic carboxylic acids is 1. The van der Waals surface area contributed by atoms with Crippen molar-refractivity contribution in [1.82, 2.24) is 0 Å². The average Bonchev–Trinajstić information content (AvgIpc) is 2.19. The first-order chi connectivity index (χ1) is 6.70.